The van der Waals surface area contributed by atoms with E-state index in [2.05, 4.69) is 0 Å². The van der Waals surface area contributed by atoms with Crippen LogP contribution in [0, 0.1) is 11.8 Å². The average Bonchev–Trinajstić information content (AvgIpc) is 2.51. The van der Waals surface area contributed by atoms with Crippen LogP contribution in [0.4, 0.5) is 0 Å². The molecule has 1 rings (SSSR count). The van der Waals surface area contributed by atoms with Gasteiger partial charge in [0.05, 0.1) is 6.61 Å². The van der Waals surface area contributed by atoms with Crippen molar-refractivity contribution in [2.24, 2.45) is 11.8 Å². The molecule has 0 bridgehead atoms. The molecule has 0 aliphatic carbocycles. The van der Waals surface area contributed by atoms with Gasteiger partial charge in [-0.05, 0) is 25.3 Å². The number of carbonyl (C=O) groups is 1. The number of ether oxygens (including phenoxy) is 1. The zero-order valence-electron chi connectivity index (χ0n) is 14.2. The first-order valence-electron chi connectivity index (χ1n) is 7.67. The van der Waals surface area contributed by atoms with Crippen molar-refractivity contribution in [1.29, 1.82) is 0 Å². The van der Waals surface area contributed by atoms with Gasteiger partial charge in [-0.1, -0.05) is 48.7 Å². The molecule has 6 nitrogen and oxygen atoms in total. The van der Waals surface area contributed by atoms with Crippen LogP contribution in [-0.4, -0.2) is 30.7 Å². The van der Waals surface area contributed by atoms with Gasteiger partial charge in [-0.2, -0.15) is 8.42 Å². The number of rotatable bonds is 8. The third kappa shape index (κ3) is 4.41. The molecule has 134 valence electrons. The Hall–Kier alpha value is -1.30. The Bertz CT molecular complexity index is 673. The van der Waals surface area contributed by atoms with Gasteiger partial charge >= 0.3 is 14.4 Å². The molecule has 4 unspecified atom stereocenters. The summed E-state index contributed by atoms with van der Waals surface area (Å²) >= 11 is 0. The lowest BCUT2D eigenvalue weighted by Gasteiger charge is -2.33. The van der Waals surface area contributed by atoms with Crippen LogP contribution in [0.1, 0.15) is 38.5 Å². The van der Waals surface area contributed by atoms with Crippen molar-refractivity contribution < 1.29 is 27.1 Å². The second-order valence-corrected chi connectivity index (χ2v) is 8.92. The van der Waals surface area contributed by atoms with E-state index in [-0.39, 0.29) is 12.5 Å². The third-order valence-corrected chi connectivity index (χ3v) is 6.24. The average molecular weight is 375 g/mol. The van der Waals surface area contributed by atoms with Gasteiger partial charge in [-0.15, -0.1) is 0 Å². The zero-order chi connectivity index (χ0) is 18.5. The minimum absolute atomic E-state index is 0.0889. The largest absolute Gasteiger partial charge is 0.462 e. The quantitative estimate of drug-likeness (QED) is 0.426. The minimum Gasteiger partial charge on any atom is -0.462 e. The maximum atomic E-state index is 12.4. The summed E-state index contributed by atoms with van der Waals surface area (Å²) in [6.07, 6.45) is 0. The van der Waals surface area contributed by atoms with E-state index in [1.165, 1.54) is 6.92 Å². The van der Waals surface area contributed by atoms with Crippen molar-refractivity contribution in [3.8, 4) is 0 Å². The molecular formula is C16H24O6PS+. The molecule has 0 spiro atoms. The molecule has 0 aromatic heterocycles. The van der Waals surface area contributed by atoms with Crippen LogP contribution in [-0.2, 0) is 24.2 Å². The summed E-state index contributed by atoms with van der Waals surface area (Å²) in [5, 5.41) is -2.94. The Morgan fingerprint density at radius 3 is 2.21 bits per heavy atom. The minimum atomic E-state index is -4.55. The summed E-state index contributed by atoms with van der Waals surface area (Å²) in [6.45, 7) is 6.58. The predicted octanol–water partition coefficient (Wildman–Crippen LogP) is 3.23. The first-order valence-corrected chi connectivity index (χ1v) is 10.1. The molecule has 0 saturated carbocycles. The topological polar surface area (TPSA) is 97.7 Å². The highest BCUT2D eigenvalue weighted by Gasteiger charge is 2.58. The monoisotopic (exact) mass is 375 g/mol. The summed E-state index contributed by atoms with van der Waals surface area (Å²) in [6, 6.07) is 8.13. The lowest BCUT2D eigenvalue weighted by Crippen LogP contribution is -2.46. The van der Waals surface area contributed by atoms with E-state index in [0.29, 0.717) is 5.56 Å². The van der Waals surface area contributed by atoms with Gasteiger partial charge in [0.1, 0.15) is 5.25 Å². The zero-order valence-corrected chi connectivity index (χ0v) is 16.0. The highest BCUT2D eigenvalue weighted by Crippen LogP contribution is 2.47. The molecular weight excluding hydrogens is 351 g/mol. The highest BCUT2D eigenvalue weighted by atomic mass is 32.2. The van der Waals surface area contributed by atoms with Crippen molar-refractivity contribution >= 4 is 24.5 Å². The SMILES string of the molecule is CCOC(=O)C(C)([PH+]=O)C(C(C)C)C(c1ccccc1)S(=O)(=O)O. The molecule has 0 aliphatic heterocycles. The van der Waals surface area contributed by atoms with Crippen molar-refractivity contribution in [1.82, 2.24) is 0 Å². The summed E-state index contributed by atoms with van der Waals surface area (Å²) in [5.74, 6) is -2.01. The first-order chi connectivity index (χ1) is 11.1. The van der Waals surface area contributed by atoms with Gasteiger partial charge in [0.15, 0.2) is 0 Å². The molecule has 24 heavy (non-hydrogen) atoms. The van der Waals surface area contributed by atoms with Crippen molar-refractivity contribution in [2.75, 3.05) is 6.61 Å². The molecule has 0 saturated heterocycles. The smallest absolute Gasteiger partial charge is 0.361 e. The van der Waals surface area contributed by atoms with E-state index >= 15 is 0 Å². The van der Waals surface area contributed by atoms with Gasteiger partial charge in [0.2, 0.25) is 0 Å². The van der Waals surface area contributed by atoms with Crippen LogP contribution in [0.5, 0.6) is 0 Å². The number of hydrogen-bond acceptors (Lipinski definition) is 5. The van der Waals surface area contributed by atoms with Crippen molar-refractivity contribution in [2.45, 2.75) is 38.1 Å². The Balaban J connectivity index is 3.59. The second kappa shape index (κ2) is 8.19. The number of esters is 1. The molecule has 0 radical (unpaired) electrons. The molecule has 1 aromatic rings. The fourth-order valence-electron chi connectivity index (χ4n) is 3.05. The number of benzene rings is 1. The molecule has 8 heteroatoms. The van der Waals surface area contributed by atoms with Gasteiger partial charge in [-0.25, -0.2) is 4.79 Å². The van der Waals surface area contributed by atoms with Gasteiger partial charge in [-0.3, -0.25) is 4.55 Å². The van der Waals surface area contributed by atoms with Crippen molar-refractivity contribution in [3.63, 3.8) is 0 Å². The van der Waals surface area contributed by atoms with E-state index in [4.69, 9.17) is 4.74 Å². The standard InChI is InChI=1S/C16H23O6PS/c1-5-22-15(17)16(4,23-18)13(11(2)3)14(24(19,20)21)12-9-7-6-8-10-12/h6-11,13-14H,5H2,1-4H3,(H,19,20,21)/p+1. The summed E-state index contributed by atoms with van der Waals surface area (Å²) < 4.78 is 51.0. The Kier molecular flexibility index (Phi) is 7.08. The fraction of sp³-hybridized carbons (Fsp3) is 0.562. The van der Waals surface area contributed by atoms with E-state index in [9.17, 15) is 22.3 Å². The Morgan fingerprint density at radius 1 is 1.29 bits per heavy atom. The van der Waals surface area contributed by atoms with Crippen LogP contribution >= 0.6 is 8.46 Å². The van der Waals surface area contributed by atoms with Crippen molar-refractivity contribution in [3.05, 3.63) is 35.9 Å². The van der Waals surface area contributed by atoms with E-state index in [0.717, 1.165) is 0 Å². The number of hydrogen-bond donors (Lipinski definition) is 1. The number of carbonyl (C=O) groups excluding carboxylic acids is 1. The van der Waals surface area contributed by atoms with Crippen LogP contribution in [0.3, 0.4) is 0 Å². The van der Waals surface area contributed by atoms with Gasteiger partial charge in [0.25, 0.3) is 15.3 Å². The molecule has 4 atom stereocenters. The maximum Gasteiger partial charge on any atom is 0.361 e. The lowest BCUT2D eigenvalue weighted by atomic mass is 9.78. The summed E-state index contributed by atoms with van der Waals surface area (Å²) in [5.41, 5.74) is 0.340. The predicted molar refractivity (Wildman–Crippen MR) is 93.1 cm³/mol. The highest BCUT2D eigenvalue weighted by molar-refractivity contribution is 7.86. The van der Waals surface area contributed by atoms with E-state index in [1.54, 1.807) is 51.1 Å². The summed E-state index contributed by atoms with van der Waals surface area (Å²) in [4.78, 5) is 12.4. The van der Waals surface area contributed by atoms with E-state index in [1.807, 2.05) is 0 Å². The van der Waals surface area contributed by atoms with E-state index < -0.39 is 40.9 Å². The van der Waals surface area contributed by atoms with Crippen LogP contribution in [0.15, 0.2) is 30.3 Å². The molecule has 0 fully saturated rings. The van der Waals surface area contributed by atoms with Gasteiger partial charge in [0, 0.05) is 5.92 Å². The van der Waals surface area contributed by atoms with Gasteiger partial charge < -0.3 is 4.74 Å². The second-order valence-electron chi connectivity index (χ2n) is 6.14. The third-order valence-electron chi connectivity index (χ3n) is 4.07. The maximum absolute atomic E-state index is 12.4. The first kappa shape index (κ1) is 20.7. The lowest BCUT2D eigenvalue weighted by molar-refractivity contribution is -0.148. The molecule has 1 N–H and O–H groups in total. The van der Waals surface area contributed by atoms with Crippen LogP contribution in [0.25, 0.3) is 0 Å². The molecule has 0 aliphatic rings. The Morgan fingerprint density at radius 2 is 1.83 bits per heavy atom. The Labute approximate surface area is 144 Å². The molecule has 1 aromatic carbocycles. The fourth-order valence-corrected chi connectivity index (χ4v) is 5.42. The molecule has 0 amide bonds. The summed E-state index contributed by atoms with van der Waals surface area (Å²) in [7, 11) is -5.66. The molecule has 0 heterocycles. The van der Waals surface area contributed by atoms with Crippen LogP contribution in [0.2, 0.25) is 0 Å². The normalized spacial score (nSPS) is 17.2. The van der Waals surface area contributed by atoms with Crippen LogP contribution < -0.4 is 0 Å².